The molecule has 1 N–H and O–H groups in total. The van der Waals surface area contributed by atoms with E-state index >= 15 is 0 Å². The highest BCUT2D eigenvalue weighted by Gasteiger charge is 2.11. The van der Waals surface area contributed by atoms with Gasteiger partial charge in [-0.3, -0.25) is 0 Å². The number of halogens is 1. The lowest BCUT2D eigenvalue weighted by Crippen LogP contribution is -2.06. The summed E-state index contributed by atoms with van der Waals surface area (Å²) in [4.78, 5) is 1.28. The minimum atomic E-state index is 0.236. The largest absolute Gasteiger partial charge is 0.378 e. The van der Waals surface area contributed by atoms with Crippen molar-refractivity contribution in [3.8, 4) is 10.4 Å². The van der Waals surface area contributed by atoms with Crippen LogP contribution < -0.4 is 5.32 Å². The van der Waals surface area contributed by atoms with Gasteiger partial charge in [0.2, 0.25) is 0 Å². The monoisotopic (exact) mass is 319 g/mol. The van der Waals surface area contributed by atoms with Crippen molar-refractivity contribution in [3.05, 3.63) is 63.1 Å². The van der Waals surface area contributed by atoms with Crippen LogP contribution in [0.3, 0.4) is 0 Å². The molecule has 0 aliphatic heterocycles. The van der Waals surface area contributed by atoms with E-state index in [0.717, 1.165) is 10.0 Å². The Morgan fingerprint density at radius 1 is 1.10 bits per heavy atom. The lowest BCUT2D eigenvalue weighted by molar-refractivity contribution is 0.891. The van der Waals surface area contributed by atoms with Gasteiger partial charge in [0.15, 0.2) is 0 Å². The third kappa shape index (κ3) is 2.90. The van der Waals surface area contributed by atoms with Gasteiger partial charge in [-0.25, -0.2) is 0 Å². The Labute approximate surface area is 131 Å². The molecule has 4 heteroatoms. The average Bonchev–Trinajstić information content (AvgIpc) is 3.10. The van der Waals surface area contributed by atoms with Crippen LogP contribution in [0.15, 0.2) is 53.2 Å². The third-order valence-electron chi connectivity index (χ3n) is 3.17. The quantitative estimate of drug-likeness (QED) is 0.594. The smallest absolute Gasteiger partial charge is 0.0931 e. The molecule has 2 aromatic heterocycles. The van der Waals surface area contributed by atoms with E-state index in [1.54, 1.807) is 22.7 Å². The highest BCUT2D eigenvalue weighted by atomic mass is 35.5. The molecular formula is C16H14ClNS2. The van der Waals surface area contributed by atoms with E-state index < -0.39 is 0 Å². The van der Waals surface area contributed by atoms with Crippen molar-refractivity contribution in [2.24, 2.45) is 0 Å². The van der Waals surface area contributed by atoms with Crippen LogP contribution in [0.2, 0.25) is 4.34 Å². The van der Waals surface area contributed by atoms with Gasteiger partial charge in [-0.05, 0) is 41.4 Å². The highest BCUT2D eigenvalue weighted by Crippen LogP contribution is 2.34. The number of rotatable bonds is 4. The van der Waals surface area contributed by atoms with Gasteiger partial charge in [0.1, 0.15) is 0 Å². The first kappa shape index (κ1) is 13.7. The predicted octanol–water partition coefficient (Wildman–Crippen LogP) is 6.30. The summed E-state index contributed by atoms with van der Waals surface area (Å²) in [5.41, 5.74) is 3.63. The summed E-state index contributed by atoms with van der Waals surface area (Å²) in [5, 5.41) is 7.79. The summed E-state index contributed by atoms with van der Waals surface area (Å²) in [6, 6.07) is 14.9. The molecule has 102 valence electrons. The van der Waals surface area contributed by atoms with Crippen LogP contribution in [-0.2, 0) is 0 Å². The molecule has 2 heterocycles. The Kier molecular flexibility index (Phi) is 4.10. The lowest BCUT2D eigenvalue weighted by Gasteiger charge is -2.17. The van der Waals surface area contributed by atoms with Crippen LogP contribution in [0.4, 0.5) is 5.69 Å². The van der Waals surface area contributed by atoms with Crippen LogP contribution in [0.1, 0.15) is 18.5 Å². The molecule has 0 radical (unpaired) electrons. The molecule has 3 aromatic rings. The van der Waals surface area contributed by atoms with E-state index in [2.05, 4.69) is 59.4 Å². The molecule has 0 fully saturated rings. The van der Waals surface area contributed by atoms with Crippen LogP contribution in [0, 0.1) is 0 Å². The summed E-state index contributed by atoms with van der Waals surface area (Å²) < 4.78 is 0.834. The molecular weight excluding hydrogens is 306 g/mol. The maximum absolute atomic E-state index is 6.01. The van der Waals surface area contributed by atoms with Crippen molar-refractivity contribution < 1.29 is 0 Å². The zero-order valence-electron chi connectivity index (χ0n) is 11.0. The normalized spacial score (nSPS) is 12.3. The van der Waals surface area contributed by atoms with Gasteiger partial charge in [0.05, 0.1) is 4.34 Å². The standard InChI is InChI=1S/C16H14ClNS2/c1-11(12-9-16(17)20-10-12)18-14-6-3-2-5-13(14)15-7-4-8-19-15/h2-11,18H,1H3. The first-order chi connectivity index (χ1) is 9.74. The minimum Gasteiger partial charge on any atom is -0.378 e. The van der Waals surface area contributed by atoms with Gasteiger partial charge in [-0.1, -0.05) is 35.9 Å². The molecule has 20 heavy (non-hydrogen) atoms. The molecule has 0 amide bonds. The van der Waals surface area contributed by atoms with Crippen LogP contribution in [-0.4, -0.2) is 0 Å². The van der Waals surface area contributed by atoms with Crippen molar-refractivity contribution in [3.63, 3.8) is 0 Å². The predicted molar refractivity (Wildman–Crippen MR) is 91.1 cm³/mol. The molecule has 1 aromatic carbocycles. The van der Waals surface area contributed by atoms with Crippen molar-refractivity contribution in [2.75, 3.05) is 5.32 Å². The summed E-state index contributed by atoms with van der Waals surface area (Å²) in [6.45, 7) is 2.16. The number of nitrogens with one attached hydrogen (secondary N) is 1. The minimum absolute atomic E-state index is 0.236. The van der Waals surface area contributed by atoms with Crippen LogP contribution in [0.5, 0.6) is 0 Å². The van der Waals surface area contributed by atoms with Gasteiger partial charge < -0.3 is 5.32 Å². The molecule has 1 nitrogen and oxygen atoms in total. The van der Waals surface area contributed by atoms with Gasteiger partial charge >= 0.3 is 0 Å². The molecule has 3 rings (SSSR count). The molecule has 1 atom stereocenters. The second-order valence-electron chi connectivity index (χ2n) is 4.57. The fourth-order valence-corrected chi connectivity index (χ4v) is 3.87. The van der Waals surface area contributed by atoms with Gasteiger partial charge in [0, 0.05) is 22.2 Å². The van der Waals surface area contributed by atoms with E-state index in [4.69, 9.17) is 11.6 Å². The molecule has 1 unspecified atom stereocenters. The lowest BCUT2D eigenvalue weighted by atomic mass is 10.1. The topological polar surface area (TPSA) is 12.0 Å². The van der Waals surface area contributed by atoms with Gasteiger partial charge in [-0.15, -0.1) is 22.7 Å². The average molecular weight is 320 g/mol. The van der Waals surface area contributed by atoms with E-state index in [9.17, 15) is 0 Å². The first-order valence-electron chi connectivity index (χ1n) is 6.37. The van der Waals surface area contributed by atoms with Crippen molar-refractivity contribution >= 4 is 40.0 Å². The Bertz CT molecular complexity index is 688. The number of benzene rings is 1. The Morgan fingerprint density at radius 2 is 1.95 bits per heavy atom. The number of anilines is 1. The fourth-order valence-electron chi connectivity index (χ4n) is 2.12. The van der Waals surface area contributed by atoms with Crippen molar-refractivity contribution in [2.45, 2.75) is 13.0 Å². The third-order valence-corrected chi connectivity index (χ3v) is 5.19. The SMILES string of the molecule is CC(Nc1ccccc1-c1cccs1)c1csc(Cl)c1. The maximum atomic E-state index is 6.01. The van der Waals surface area contributed by atoms with Crippen LogP contribution >= 0.6 is 34.3 Å². The van der Waals surface area contributed by atoms with E-state index in [0.29, 0.717) is 0 Å². The molecule has 0 bridgehead atoms. The number of thiophene rings is 2. The zero-order valence-corrected chi connectivity index (χ0v) is 13.4. The highest BCUT2D eigenvalue weighted by molar-refractivity contribution is 7.14. The van der Waals surface area contributed by atoms with Crippen molar-refractivity contribution in [1.29, 1.82) is 0 Å². The van der Waals surface area contributed by atoms with E-state index in [1.807, 2.05) is 6.07 Å². The van der Waals surface area contributed by atoms with Crippen LogP contribution in [0.25, 0.3) is 10.4 Å². The fraction of sp³-hybridized carbons (Fsp3) is 0.125. The Morgan fingerprint density at radius 3 is 2.65 bits per heavy atom. The van der Waals surface area contributed by atoms with E-state index in [1.165, 1.54) is 16.0 Å². The second kappa shape index (κ2) is 6.00. The Hall–Kier alpha value is -1.29. The number of hydrogen-bond acceptors (Lipinski definition) is 3. The molecule has 0 saturated carbocycles. The van der Waals surface area contributed by atoms with Crippen molar-refractivity contribution in [1.82, 2.24) is 0 Å². The number of para-hydroxylation sites is 1. The maximum Gasteiger partial charge on any atom is 0.0931 e. The number of hydrogen-bond donors (Lipinski definition) is 1. The molecule has 0 aliphatic rings. The molecule has 0 saturated heterocycles. The summed E-state index contributed by atoms with van der Waals surface area (Å²) >= 11 is 9.34. The van der Waals surface area contributed by atoms with Gasteiger partial charge in [0.25, 0.3) is 0 Å². The first-order valence-corrected chi connectivity index (χ1v) is 8.51. The summed E-state index contributed by atoms with van der Waals surface area (Å²) in [7, 11) is 0. The Balaban J connectivity index is 1.88. The molecule has 0 spiro atoms. The molecule has 0 aliphatic carbocycles. The zero-order chi connectivity index (χ0) is 13.9. The van der Waals surface area contributed by atoms with Gasteiger partial charge in [-0.2, -0.15) is 0 Å². The van der Waals surface area contributed by atoms with E-state index in [-0.39, 0.29) is 6.04 Å². The summed E-state index contributed by atoms with van der Waals surface area (Å²) in [5.74, 6) is 0. The second-order valence-corrected chi connectivity index (χ2v) is 7.06. The summed E-state index contributed by atoms with van der Waals surface area (Å²) in [6.07, 6.45) is 0.